The molecule has 0 bridgehead atoms. The summed E-state index contributed by atoms with van der Waals surface area (Å²) in [5, 5.41) is 2.93. The SMILES string of the molecule is Cc1nccn1CCCC(=O)N1CCC2(CC1)CNC(=O)C2. The molecule has 1 aromatic rings. The van der Waals surface area contributed by atoms with Crippen LogP contribution in [0.4, 0.5) is 0 Å². The summed E-state index contributed by atoms with van der Waals surface area (Å²) < 4.78 is 2.08. The van der Waals surface area contributed by atoms with Gasteiger partial charge in [0.2, 0.25) is 11.8 Å². The minimum atomic E-state index is 0.113. The van der Waals surface area contributed by atoms with Crippen molar-refractivity contribution in [3.8, 4) is 0 Å². The summed E-state index contributed by atoms with van der Waals surface area (Å²) in [6.45, 7) is 5.18. The predicted octanol–water partition coefficient (Wildman–Crippen LogP) is 1.10. The van der Waals surface area contributed by atoms with Crippen molar-refractivity contribution < 1.29 is 9.59 Å². The van der Waals surface area contributed by atoms with Crippen LogP contribution in [0, 0.1) is 12.3 Å². The number of hydrogen-bond acceptors (Lipinski definition) is 3. The van der Waals surface area contributed by atoms with E-state index in [2.05, 4.69) is 14.9 Å². The molecule has 1 N–H and O–H groups in total. The first-order valence-electron chi connectivity index (χ1n) is 8.10. The van der Waals surface area contributed by atoms with Crippen molar-refractivity contribution in [3.63, 3.8) is 0 Å². The lowest BCUT2D eigenvalue weighted by Crippen LogP contribution is -2.44. The normalized spacial score (nSPS) is 20.4. The minimum absolute atomic E-state index is 0.113. The van der Waals surface area contributed by atoms with E-state index in [9.17, 15) is 9.59 Å². The highest BCUT2D eigenvalue weighted by Gasteiger charge is 2.41. The summed E-state index contributed by atoms with van der Waals surface area (Å²) in [5.41, 5.74) is 0.113. The zero-order valence-electron chi connectivity index (χ0n) is 13.2. The van der Waals surface area contributed by atoms with Gasteiger partial charge in [-0.25, -0.2) is 4.98 Å². The first kappa shape index (κ1) is 15.1. The molecule has 0 atom stereocenters. The number of nitrogens with one attached hydrogen (secondary N) is 1. The van der Waals surface area contributed by atoms with Crippen molar-refractivity contribution in [2.75, 3.05) is 19.6 Å². The molecule has 0 unspecified atom stereocenters. The Morgan fingerprint density at radius 3 is 2.77 bits per heavy atom. The van der Waals surface area contributed by atoms with Gasteiger partial charge in [0.05, 0.1) is 0 Å². The largest absolute Gasteiger partial charge is 0.356 e. The van der Waals surface area contributed by atoms with Crippen LogP contribution >= 0.6 is 0 Å². The number of piperidine rings is 1. The van der Waals surface area contributed by atoms with Gasteiger partial charge in [0.1, 0.15) is 5.82 Å². The number of likely N-dealkylation sites (tertiary alicyclic amines) is 1. The van der Waals surface area contributed by atoms with Crippen LogP contribution in [0.25, 0.3) is 0 Å². The summed E-state index contributed by atoms with van der Waals surface area (Å²) in [6.07, 6.45) is 7.69. The van der Waals surface area contributed by atoms with E-state index in [0.717, 1.165) is 51.3 Å². The quantitative estimate of drug-likeness (QED) is 0.906. The molecule has 2 aliphatic heterocycles. The molecule has 0 aromatic carbocycles. The highest BCUT2D eigenvalue weighted by Crippen LogP contribution is 2.37. The average molecular weight is 304 g/mol. The van der Waals surface area contributed by atoms with Gasteiger partial charge in [-0.3, -0.25) is 9.59 Å². The van der Waals surface area contributed by atoms with E-state index in [1.165, 1.54) is 0 Å². The fourth-order valence-electron chi connectivity index (χ4n) is 3.53. The Morgan fingerprint density at radius 1 is 1.41 bits per heavy atom. The Bertz CT molecular complexity index is 558. The maximum atomic E-state index is 12.3. The van der Waals surface area contributed by atoms with E-state index >= 15 is 0 Å². The molecule has 0 radical (unpaired) electrons. The molecule has 2 saturated heterocycles. The third-order valence-corrected chi connectivity index (χ3v) is 5.09. The Kier molecular flexibility index (Phi) is 4.18. The van der Waals surface area contributed by atoms with Crippen LogP contribution in [0.15, 0.2) is 12.4 Å². The predicted molar refractivity (Wildman–Crippen MR) is 82.1 cm³/mol. The van der Waals surface area contributed by atoms with Crippen LogP contribution in [0.5, 0.6) is 0 Å². The zero-order chi connectivity index (χ0) is 15.6. The van der Waals surface area contributed by atoms with E-state index in [4.69, 9.17) is 0 Å². The molecule has 6 heteroatoms. The van der Waals surface area contributed by atoms with Crippen LogP contribution in [0.3, 0.4) is 0 Å². The molecule has 0 saturated carbocycles. The molecule has 6 nitrogen and oxygen atoms in total. The summed E-state index contributed by atoms with van der Waals surface area (Å²) in [5.74, 6) is 1.39. The van der Waals surface area contributed by atoms with Crippen LogP contribution < -0.4 is 5.32 Å². The molecule has 3 heterocycles. The van der Waals surface area contributed by atoms with E-state index in [1.54, 1.807) is 6.20 Å². The van der Waals surface area contributed by atoms with Crippen molar-refractivity contribution in [1.29, 1.82) is 0 Å². The molecule has 1 spiro atoms. The van der Waals surface area contributed by atoms with Crippen LogP contribution in [-0.4, -0.2) is 45.9 Å². The highest BCUT2D eigenvalue weighted by molar-refractivity contribution is 5.79. The number of imidazole rings is 1. The Labute approximate surface area is 130 Å². The molecule has 2 fully saturated rings. The number of amides is 2. The third-order valence-electron chi connectivity index (χ3n) is 5.09. The summed E-state index contributed by atoms with van der Waals surface area (Å²) in [4.78, 5) is 29.9. The number of carbonyl (C=O) groups excluding carboxylic acids is 2. The monoisotopic (exact) mass is 304 g/mol. The topological polar surface area (TPSA) is 67.2 Å². The summed E-state index contributed by atoms with van der Waals surface area (Å²) >= 11 is 0. The second kappa shape index (κ2) is 6.10. The molecule has 0 aliphatic carbocycles. The van der Waals surface area contributed by atoms with Gasteiger partial charge < -0.3 is 14.8 Å². The number of carbonyl (C=O) groups is 2. The molecule has 1 aromatic heterocycles. The van der Waals surface area contributed by atoms with Gasteiger partial charge in [-0.15, -0.1) is 0 Å². The lowest BCUT2D eigenvalue weighted by molar-refractivity contribution is -0.133. The Balaban J connectivity index is 1.42. The molecule has 2 amide bonds. The lowest BCUT2D eigenvalue weighted by Gasteiger charge is -2.38. The smallest absolute Gasteiger partial charge is 0.222 e. The second-order valence-corrected chi connectivity index (χ2v) is 6.61. The number of nitrogens with zero attached hydrogens (tertiary/aromatic N) is 3. The number of aromatic nitrogens is 2. The van der Waals surface area contributed by atoms with Crippen LogP contribution in [-0.2, 0) is 16.1 Å². The van der Waals surface area contributed by atoms with Crippen molar-refractivity contribution in [2.45, 2.75) is 45.6 Å². The number of hydrogen-bond donors (Lipinski definition) is 1. The zero-order valence-corrected chi connectivity index (χ0v) is 13.2. The van der Waals surface area contributed by atoms with Gasteiger partial charge in [0, 0.05) is 51.4 Å². The van der Waals surface area contributed by atoms with Gasteiger partial charge >= 0.3 is 0 Å². The molecule has 120 valence electrons. The maximum absolute atomic E-state index is 12.3. The first-order chi connectivity index (χ1) is 10.6. The molecule has 3 rings (SSSR count). The van der Waals surface area contributed by atoms with E-state index in [-0.39, 0.29) is 17.2 Å². The van der Waals surface area contributed by atoms with Crippen molar-refractivity contribution in [3.05, 3.63) is 18.2 Å². The summed E-state index contributed by atoms with van der Waals surface area (Å²) in [7, 11) is 0. The fraction of sp³-hybridized carbons (Fsp3) is 0.688. The third kappa shape index (κ3) is 3.15. The minimum Gasteiger partial charge on any atom is -0.356 e. The number of rotatable bonds is 4. The van der Waals surface area contributed by atoms with Crippen molar-refractivity contribution in [1.82, 2.24) is 19.8 Å². The molecule has 22 heavy (non-hydrogen) atoms. The average Bonchev–Trinajstić information content (AvgIpc) is 3.07. The van der Waals surface area contributed by atoms with E-state index in [1.807, 2.05) is 18.0 Å². The van der Waals surface area contributed by atoms with Crippen LogP contribution in [0.1, 0.15) is 37.9 Å². The van der Waals surface area contributed by atoms with Crippen molar-refractivity contribution >= 4 is 11.8 Å². The van der Waals surface area contributed by atoms with Gasteiger partial charge in [-0.1, -0.05) is 0 Å². The van der Waals surface area contributed by atoms with Gasteiger partial charge in [-0.05, 0) is 31.6 Å². The Hall–Kier alpha value is -1.85. The Morgan fingerprint density at radius 2 is 2.18 bits per heavy atom. The van der Waals surface area contributed by atoms with E-state index < -0.39 is 0 Å². The lowest BCUT2D eigenvalue weighted by atomic mass is 9.77. The first-order valence-corrected chi connectivity index (χ1v) is 8.10. The molecule has 2 aliphatic rings. The highest BCUT2D eigenvalue weighted by atomic mass is 16.2. The number of aryl methyl sites for hydroxylation is 2. The van der Waals surface area contributed by atoms with Gasteiger partial charge in [0.15, 0.2) is 0 Å². The fourth-order valence-corrected chi connectivity index (χ4v) is 3.53. The standard InChI is InChI=1S/C16H24N4O2/c1-13-17-6-10-19(13)7-2-3-15(22)20-8-4-16(5-9-20)11-14(21)18-12-16/h6,10H,2-5,7-9,11-12H2,1H3,(H,18,21). The second-order valence-electron chi connectivity index (χ2n) is 6.61. The summed E-state index contributed by atoms with van der Waals surface area (Å²) in [6, 6.07) is 0. The van der Waals surface area contributed by atoms with Gasteiger partial charge in [-0.2, -0.15) is 0 Å². The van der Waals surface area contributed by atoms with Crippen molar-refractivity contribution in [2.24, 2.45) is 5.41 Å². The van der Waals surface area contributed by atoms with Crippen LogP contribution in [0.2, 0.25) is 0 Å². The molecular weight excluding hydrogens is 280 g/mol. The maximum Gasteiger partial charge on any atom is 0.222 e. The molecular formula is C16H24N4O2. The van der Waals surface area contributed by atoms with Gasteiger partial charge in [0.25, 0.3) is 0 Å². The van der Waals surface area contributed by atoms with E-state index in [0.29, 0.717) is 12.8 Å².